The number of nitrogens with one attached hydrogen (secondary N) is 1. The smallest absolute Gasteiger partial charge is 0.158 e. The van der Waals surface area contributed by atoms with Gasteiger partial charge in [0.25, 0.3) is 0 Å². The highest BCUT2D eigenvalue weighted by atomic mass is 16.5. The minimum Gasteiger partial charge on any atom is -0.380 e. The molecule has 132 valence electrons. The lowest BCUT2D eigenvalue weighted by Crippen LogP contribution is -2.14. The van der Waals surface area contributed by atoms with E-state index in [-0.39, 0.29) is 12.4 Å². The molecule has 0 aliphatic heterocycles. The molecule has 0 spiro atoms. The SMILES string of the molecule is CCCCCOCCOCC(=O)CCCCCOCCNC. The van der Waals surface area contributed by atoms with Crippen molar-refractivity contribution >= 4 is 5.78 Å². The van der Waals surface area contributed by atoms with E-state index >= 15 is 0 Å². The van der Waals surface area contributed by atoms with Crippen molar-refractivity contribution < 1.29 is 19.0 Å². The van der Waals surface area contributed by atoms with Crippen LogP contribution >= 0.6 is 0 Å². The molecule has 0 bridgehead atoms. The van der Waals surface area contributed by atoms with Crippen LogP contribution in [-0.2, 0) is 19.0 Å². The summed E-state index contributed by atoms with van der Waals surface area (Å²) < 4.78 is 16.2. The molecule has 5 heteroatoms. The molecule has 0 unspecified atom stereocenters. The summed E-state index contributed by atoms with van der Waals surface area (Å²) in [5.41, 5.74) is 0. The van der Waals surface area contributed by atoms with Crippen LogP contribution in [0.15, 0.2) is 0 Å². The van der Waals surface area contributed by atoms with Crippen molar-refractivity contribution in [2.75, 3.05) is 53.2 Å². The number of rotatable bonds is 18. The lowest BCUT2D eigenvalue weighted by molar-refractivity contribution is -0.124. The number of carbonyl (C=O) groups excluding carboxylic acids is 1. The number of likely N-dealkylation sites (N-methyl/N-ethyl adjacent to an activating group) is 1. The van der Waals surface area contributed by atoms with Crippen molar-refractivity contribution in [2.45, 2.75) is 51.9 Å². The highest BCUT2D eigenvalue weighted by Gasteiger charge is 2.02. The molecule has 0 aromatic heterocycles. The molecule has 0 saturated heterocycles. The number of ketones is 1. The van der Waals surface area contributed by atoms with Gasteiger partial charge in [-0.3, -0.25) is 4.79 Å². The van der Waals surface area contributed by atoms with Crippen LogP contribution in [0.1, 0.15) is 51.9 Å². The Hall–Kier alpha value is -0.490. The summed E-state index contributed by atoms with van der Waals surface area (Å²) in [6.45, 7) is 6.70. The maximum absolute atomic E-state index is 11.6. The summed E-state index contributed by atoms with van der Waals surface area (Å²) in [5, 5.41) is 3.03. The highest BCUT2D eigenvalue weighted by molar-refractivity contribution is 5.79. The lowest BCUT2D eigenvalue weighted by atomic mass is 10.1. The Morgan fingerprint density at radius 1 is 0.818 bits per heavy atom. The first-order valence-corrected chi connectivity index (χ1v) is 8.70. The van der Waals surface area contributed by atoms with Crippen molar-refractivity contribution in [1.82, 2.24) is 5.32 Å². The minimum absolute atomic E-state index is 0.182. The van der Waals surface area contributed by atoms with Crippen LogP contribution < -0.4 is 5.32 Å². The Labute approximate surface area is 136 Å². The fourth-order valence-electron chi connectivity index (χ4n) is 1.91. The zero-order chi connectivity index (χ0) is 16.3. The third kappa shape index (κ3) is 17.6. The molecular formula is C17H35NO4. The van der Waals surface area contributed by atoms with Crippen LogP contribution in [0.25, 0.3) is 0 Å². The van der Waals surface area contributed by atoms with E-state index in [9.17, 15) is 4.79 Å². The van der Waals surface area contributed by atoms with Crippen molar-refractivity contribution in [3.8, 4) is 0 Å². The molecule has 1 N–H and O–H groups in total. The predicted molar refractivity (Wildman–Crippen MR) is 89.4 cm³/mol. The molecule has 22 heavy (non-hydrogen) atoms. The van der Waals surface area contributed by atoms with E-state index in [0.29, 0.717) is 19.6 Å². The van der Waals surface area contributed by atoms with Crippen LogP contribution in [0.2, 0.25) is 0 Å². The number of Topliss-reactive ketones (excluding diaryl/α,β-unsaturated/α-hetero) is 1. The number of hydrogen-bond acceptors (Lipinski definition) is 5. The average molecular weight is 317 g/mol. The van der Waals surface area contributed by atoms with Gasteiger partial charge in [0.2, 0.25) is 0 Å². The Balaban J connectivity index is 3.13. The molecule has 0 rings (SSSR count). The van der Waals surface area contributed by atoms with Crippen LogP contribution in [-0.4, -0.2) is 59.0 Å². The second-order valence-electron chi connectivity index (χ2n) is 5.44. The number of unbranched alkanes of at least 4 members (excludes halogenated alkanes) is 4. The second kappa shape index (κ2) is 18.6. The van der Waals surface area contributed by atoms with E-state index < -0.39 is 0 Å². The molecule has 0 radical (unpaired) electrons. The molecule has 0 saturated carbocycles. The van der Waals surface area contributed by atoms with Gasteiger partial charge in [0, 0.05) is 26.2 Å². The van der Waals surface area contributed by atoms with Gasteiger partial charge in [-0.05, 0) is 26.3 Å². The standard InChI is InChI=1S/C17H35NO4/c1-3-4-7-11-21-14-15-22-16-17(19)9-6-5-8-12-20-13-10-18-2/h18H,3-16H2,1-2H3. The van der Waals surface area contributed by atoms with E-state index in [0.717, 1.165) is 52.0 Å². The van der Waals surface area contributed by atoms with Crippen LogP contribution in [0.4, 0.5) is 0 Å². The molecule has 0 aromatic rings. The summed E-state index contributed by atoms with van der Waals surface area (Å²) in [4.78, 5) is 11.6. The molecule has 0 atom stereocenters. The van der Waals surface area contributed by atoms with Crippen molar-refractivity contribution in [2.24, 2.45) is 0 Å². The van der Waals surface area contributed by atoms with Gasteiger partial charge in [-0.25, -0.2) is 0 Å². The van der Waals surface area contributed by atoms with Gasteiger partial charge in [-0.2, -0.15) is 0 Å². The molecule has 0 heterocycles. The zero-order valence-electron chi connectivity index (χ0n) is 14.5. The molecule has 0 aliphatic rings. The number of carbonyl (C=O) groups is 1. The van der Waals surface area contributed by atoms with Crippen molar-refractivity contribution in [3.63, 3.8) is 0 Å². The van der Waals surface area contributed by atoms with Gasteiger partial charge in [0.05, 0.1) is 19.8 Å². The Kier molecular flexibility index (Phi) is 18.1. The normalized spacial score (nSPS) is 11.0. The van der Waals surface area contributed by atoms with Crippen LogP contribution in [0, 0.1) is 0 Å². The van der Waals surface area contributed by atoms with Crippen molar-refractivity contribution in [3.05, 3.63) is 0 Å². The second-order valence-corrected chi connectivity index (χ2v) is 5.44. The maximum Gasteiger partial charge on any atom is 0.158 e. The lowest BCUT2D eigenvalue weighted by Gasteiger charge is -2.06. The summed E-state index contributed by atoms with van der Waals surface area (Å²) in [7, 11) is 1.91. The molecular weight excluding hydrogens is 282 g/mol. The number of hydrogen-bond donors (Lipinski definition) is 1. The average Bonchev–Trinajstić information content (AvgIpc) is 2.52. The van der Waals surface area contributed by atoms with Gasteiger partial charge >= 0.3 is 0 Å². The third-order valence-electron chi connectivity index (χ3n) is 3.27. The fourth-order valence-corrected chi connectivity index (χ4v) is 1.91. The van der Waals surface area contributed by atoms with Crippen LogP contribution in [0.5, 0.6) is 0 Å². The Morgan fingerprint density at radius 3 is 2.23 bits per heavy atom. The first-order valence-electron chi connectivity index (χ1n) is 8.70. The van der Waals surface area contributed by atoms with E-state index in [1.54, 1.807) is 0 Å². The Morgan fingerprint density at radius 2 is 1.50 bits per heavy atom. The van der Waals surface area contributed by atoms with E-state index in [1.165, 1.54) is 12.8 Å². The molecule has 0 fully saturated rings. The van der Waals surface area contributed by atoms with Crippen molar-refractivity contribution in [1.29, 1.82) is 0 Å². The minimum atomic E-state index is 0.182. The fraction of sp³-hybridized carbons (Fsp3) is 0.941. The predicted octanol–water partition coefficient (Wildman–Crippen LogP) is 2.58. The largest absolute Gasteiger partial charge is 0.380 e. The first kappa shape index (κ1) is 21.5. The summed E-state index contributed by atoms with van der Waals surface area (Å²) in [5.74, 6) is 0.182. The molecule has 5 nitrogen and oxygen atoms in total. The summed E-state index contributed by atoms with van der Waals surface area (Å²) >= 11 is 0. The van der Waals surface area contributed by atoms with Gasteiger partial charge in [0.1, 0.15) is 6.61 Å². The quantitative estimate of drug-likeness (QED) is 0.394. The van der Waals surface area contributed by atoms with E-state index in [1.807, 2.05) is 7.05 Å². The topological polar surface area (TPSA) is 56.8 Å². The Bertz CT molecular complexity index is 215. The molecule has 0 aromatic carbocycles. The molecule has 0 aliphatic carbocycles. The summed E-state index contributed by atoms with van der Waals surface area (Å²) in [6.07, 6.45) is 7.10. The van der Waals surface area contributed by atoms with E-state index in [4.69, 9.17) is 14.2 Å². The highest BCUT2D eigenvalue weighted by Crippen LogP contribution is 2.01. The van der Waals surface area contributed by atoms with Crippen LogP contribution in [0.3, 0.4) is 0 Å². The zero-order valence-corrected chi connectivity index (χ0v) is 14.5. The van der Waals surface area contributed by atoms with Gasteiger partial charge in [-0.1, -0.05) is 26.2 Å². The monoisotopic (exact) mass is 317 g/mol. The third-order valence-corrected chi connectivity index (χ3v) is 3.27. The van der Waals surface area contributed by atoms with E-state index in [2.05, 4.69) is 12.2 Å². The number of ether oxygens (including phenoxy) is 3. The molecule has 0 amide bonds. The van der Waals surface area contributed by atoms with Gasteiger partial charge < -0.3 is 19.5 Å². The maximum atomic E-state index is 11.6. The summed E-state index contributed by atoms with van der Waals surface area (Å²) in [6, 6.07) is 0. The van der Waals surface area contributed by atoms with Gasteiger partial charge in [-0.15, -0.1) is 0 Å². The first-order chi connectivity index (χ1) is 10.8. The van der Waals surface area contributed by atoms with Gasteiger partial charge in [0.15, 0.2) is 5.78 Å².